The molecule has 0 spiro atoms. The lowest BCUT2D eigenvalue weighted by atomic mass is 9.99. The Morgan fingerprint density at radius 3 is 2.57 bits per heavy atom. The van der Waals surface area contributed by atoms with Crippen LogP contribution in [-0.2, 0) is 12.3 Å². The molecule has 3 atom stereocenters. The van der Waals surface area contributed by atoms with Crippen LogP contribution in [0, 0.1) is 13.8 Å². The van der Waals surface area contributed by atoms with E-state index in [1.165, 1.54) is 12.3 Å². The number of nitrogens with zero attached hydrogens (tertiary/aromatic N) is 4. The van der Waals surface area contributed by atoms with Gasteiger partial charge in [0.1, 0.15) is 12.3 Å². The molecule has 0 radical (unpaired) electrons. The van der Waals surface area contributed by atoms with E-state index in [0.717, 1.165) is 42.8 Å². The van der Waals surface area contributed by atoms with Crippen molar-refractivity contribution in [1.29, 1.82) is 0 Å². The molecule has 11 heteroatoms. The first-order valence-corrected chi connectivity index (χ1v) is 15.3. The Balaban J connectivity index is 1.35. The van der Waals surface area contributed by atoms with Crippen molar-refractivity contribution in [3.05, 3.63) is 113 Å². The molecule has 1 aliphatic heterocycles. The molecular formula is C35H39F2N5O4. The summed E-state index contributed by atoms with van der Waals surface area (Å²) in [6.07, 6.45) is 4.92. The topological polar surface area (TPSA) is 112 Å². The zero-order valence-electron chi connectivity index (χ0n) is 26.4. The monoisotopic (exact) mass is 631 g/mol. The number of oxazole rings is 1. The van der Waals surface area contributed by atoms with E-state index in [9.17, 15) is 23.5 Å². The number of likely N-dealkylation sites (N-methyl/N-ethyl adjacent to an activating group) is 1. The van der Waals surface area contributed by atoms with Gasteiger partial charge in [0.15, 0.2) is 0 Å². The predicted octanol–water partition coefficient (Wildman–Crippen LogP) is 5.61. The summed E-state index contributed by atoms with van der Waals surface area (Å²) in [5, 5.41) is 14.4. The lowest BCUT2D eigenvalue weighted by Crippen LogP contribution is -2.49. The molecule has 9 nitrogen and oxygen atoms in total. The molecule has 0 bridgehead atoms. The zero-order chi connectivity index (χ0) is 33.0. The van der Waals surface area contributed by atoms with Gasteiger partial charge in [-0.25, -0.2) is 13.8 Å². The highest BCUT2D eigenvalue weighted by Gasteiger charge is 2.34. The van der Waals surface area contributed by atoms with Crippen molar-refractivity contribution in [2.24, 2.45) is 0 Å². The molecule has 242 valence electrons. The largest absolute Gasteiger partial charge is 0.446 e. The van der Waals surface area contributed by atoms with Crippen LogP contribution in [0.5, 0.6) is 0 Å². The van der Waals surface area contributed by atoms with Gasteiger partial charge < -0.3 is 24.6 Å². The number of amides is 2. The Labute approximate surface area is 267 Å². The van der Waals surface area contributed by atoms with Crippen LogP contribution in [0.3, 0.4) is 0 Å². The van der Waals surface area contributed by atoms with Gasteiger partial charge in [0.25, 0.3) is 17.7 Å². The molecule has 1 fully saturated rings. The van der Waals surface area contributed by atoms with Crippen molar-refractivity contribution in [1.82, 2.24) is 20.2 Å². The first-order chi connectivity index (χ1) is 21.9. The number of likely N-dealkylation sites (tertiary alicyclic amines) is 1. The lowest BCUT2D eigenvalue weighted by Gasteiger charge is -2.29. The van der Waals surface area contributed by atoms with E-state index in [1.54, 1.807) is 41.3 Å². The number of aryl methyl sites for hydroxylation is 2. The molecule has 5 rings (SSSR count). The van der Waals surface area contributed by atoms with Gasteiger partial charge in [-0.1, -0.05) is 30.3 Å². The Morgan fingerprint density at radius 1 is 1.13 bits per heavy atom. The van der Waals surface area contributed by atoms with Gasteiger partial charge in [0.2, 0.25) is 5.89 Å². The van der Waals surface area contributed by atoms with E-state index in [-0.39, 0.29) is 29.6 Å². The van der Waals surface area contributed by atoms with Gasteiger partial charge in [0, 0.05) is 49.9 Å². The van der Waals surface area contributed by atoms with Gasteiger partial charge in [-0.15, -0.1) is 0 Å². The van der Waals surface area contributed by atoms with Crippen LogP contribution in [0.1, 0.15) is 74.8 Å². The highest BCUT2D eigenvalue weighted by Crippen LogP contribution is 2.33. The van der Waals surface area contributed by atoms with E-state index >= 15 is 0 Å². The second kappa shape index (κ2) is 13.8. The van der Waals surface area contributed by atoms with Gasteiger partial charge in [-0.3, -0.25) is 14.6 Å². The quantitative estimate of drug-likeness (QED) is 0.221. The van der Waals surface area contributed by atoms with E-state index in [0.29, 0.717) is 30.1 Å². The zero-order valence-corrected chi connectivity index (χ0v) is 26.4. The van der Waals surface area contributed by atoms with E-state index in [2.05, 4.69) is 15.3 Å². The van der Waals surface area contributed by atoms with Crippen LogP contribution in [0.4, 0.5) is 14.5 Å². The van der Waals surface area contributed by atoms with Crippen molar-refractivity contribution in [2.45, 2.75) is 64.1 Å². The van der Waals surface area contributed by atoms with Crippen LogP contribution >= 0.6 is 0 Å². The number of hydrogen-bond donors (Lipinski definition) is 2. The average Bonchev–Trinajstić information content (AvgIpc) is 3.69. The summed E-state index contributed by atoms with van der Waals surface area (Å²) in [6.45, 7) is 5.04. The standard InChI is InChI=1S/C35H39F2N5O4/c1-22-13-25(16-26(14-22)34(45)42-12-8-11-30(42)33-39-23(2)21-46-33)32(44)40-29(15-24-9-6-5-7-10-24)31(43)20-41(4)28-17-27(18-38-19-28)35(3,36)37/h5-7,9-10,13-14,16-19,21,29-31,43H,8,11-12,15,20H2,1-4H3,(H,40,44)/t29-,30+,31+/m0/s1. The van der Waals surface area contributed by atoms with Crippen LogP contribution in [0.25, 0.3) is 0 Å². The minimum Gasteiger partial charge on any atom is -0.446 e. The number of nitrogens with one attached hydrogen (secondary N) is 1. The molecule has 1 saturated heterocycles. The van der Waals surface area contributed by atoms with E-state index in [1.807, 2.05) is 44.2 Å². The van der Waals surface area contributed by atoms with Gasteiger partial charge >= 0.3 is 0 Å². The van der Waals surface area contributed by atoms with Crippen molar-refractivity contribution < 1.29 is 27.9 Å². The fourth-order valence-corrected chi connectivity index (χ4v) is 5.79. The molecule has 0 unspecified atom stereocenters. The maximum Gasteiger partial charge on any atom is 0.272 e. The van der Waals surface area contributed by atoms with Crippen LogP contribution in [0.15, 0.2) is 77.7 Å². The Bertz CT molecular complexity index is 1670. The van der Waals surface area contributed by atoms with Crippen molar-refractivity contribution in [3.63, 3.8) is 0 Å². The Kier molecular flexibility index (Phi) is 9.81. The number of carbonyl (C=O) groups is 2. The summed E-state index contributed by atoms with van der Waals surface area (Å²) in [5.74, 6) is -3.23. The number of halogens is 2. The van der Waals surface area contributed by atoms with Crippen molar-refractivity contribution in [2.75, 3.05) is 25.0 Å². The van der Waals surface area contributed by atoms with E-state index < -0.39 is 24.0 Å². The van der Waals surface area contributed by atoms with Crippen molar-refractivity contribution >= 4 is 17.5 Å². The molecular weight excluding hydrogens is 592 g/mol. The molecule has 3 heterocycles. The lowest BCUT2D eigenvalue weighted by molar-refractivity contribution is 0.0171. The summed E-state index contributed by atoms with van der Waals surface area (Å²) in [7, 11) is 1.67. The number of alkyl halides is 2. The fraction of sp³-hybridized carbons (Fsp3) is 0.371. The second-order valence-electron chi connectivity index (χ2n) is 12.1. The molecule has 46 heavy (non-hydrogen) atoms. The maximum absolute atomic E-state index is 13.9. The number of rotatable bonds is 11. The fourth-order valence-electron chi connectivity index (χ4n) is 5.79. The van der Waals surface area contributed by atoms with Gasteiger partial charge in [-0.2, -0.15) is 0 Å². The van der Waals surface area contributed by atoms with Crippen LogP contribution < -0.4 is 10.2 Å². The summed E-state index contributed by atoms with van der Waals surface area (Å²) in [4.78, 5) is 39.2. The molecule has 1 aliphatic rings. The predicted molar refractivity (Wildman–Crippen MR) is 170 cm³/mol. The van der Waals surface area contributed by atoms with Crippen LogP contribution in [-0.4, -0.2) is 64.1 Å². The molecule has 2 amide bonds. The third kappa shape index (κ3) is 7.77. The molecule has 0 aliphatic carbocycles. The van der Waals surface area contributed by atoms with Gasteiger partial charge in [0.05, 0.1) is 29.7 Å². The third-order valence-electron chi connectivity index (χ3n) is 8.23. The Hall–Kier alpha value is -4.64. The first-order valence-electron chi connectivity index (χ1n) is 15.3. The minimum atomic E-state index is -3.06. The second-order valence-corrected chi connectivity index (χ2v) is 12.1. The third-order valence-corrected chi connectivity index (χ3v) is 8.23. The normalized spacial score (nSPS) is 16.2. The number of benzene rings is 2. The highest BCUT2D eigenvalue weighted by atomic mass is 19.3. The molecule has 2 aromatic carbocycles. The minimum absolute atomic E-state index is 0.0341. The summed E-state index contributed by atoms with van der Waals surface area (Å²) >= 11 is 0. The Morgan fingerprint density at radius 2 is 1.87 bits per heavy atom. The number of anilines is 1. The smallest absolute Gasteiger partial charge is 0.272 e. The number of aliphatic hydroxyl groups is 1. The molecule has 0 saturated carbocycles. The highest BCUT2D eigenvalue weighted by molar-refractivity contribution is 6.00. The van der Waals surface area contributed by atoms with Crippen molar-refractivity contribution in [3.8, 4) is 0 Å². The molecule has 2 aromatic heterocycles. The van der Waals surface area contributed by atoms with Crippen LogP contribution in [0.2, 0.25) is 0 Å². The molecule has 4 aromatic rings. The number of pyridine rings is 1. The number of carbonyl (C=O) groups excluding carboxylic acids is 2. The number of hydrogen-bond acceptors (Lipinski definition) is 7. The number of aliphatic hydroxyl groups excluding tert-OH is 1. The summed E-state index contributed by atoms with van der Waals surface area (Å²) < 4.78 is 33.5. The first kappa shape index (κ1) is 32.7. The maximum atomic E-state index is 13.9. The van der Waals surface area contributed by atoms with E-state index in [4.69, 9.17) is 4.42 Å². The SMILES string of the molecule is Cc1cc(C(=O)N[C@@H](Cc2ccccc2)[C@H](O)CN(C)c2cncc(C(C)(F)F)c2)cc(C(=O)N2CCC[C@@H]2c2nc(C)co2)c1. The number of aromatic nitrogens is 2. The summed E-state index contributed by atoms with van der Waals surface area (Å²) in [5.41, 5.74) is 3.21. The van der Waals surface area contributed by atoms with Gasteiger partial charge in [-0.05, 0) is 68.5 Å². The summed E-state index contributed by atoms with van der Waals surface area (Å²) in [6, 6.07) is 14.8. The molecule has 2 N–H and O–H groups in total. The average molecular weight is 632 g/mol.